The monoisotopic (exact) mass is 254 g/mol. The van der Waals surface area contributed by atoms with Gasteiger partial charge in [0.2, 0.25) is 5.91 Å². The van der Waals surface area contributed by atoms with Gasteiger partial charge in [0.1, 0.15) is 17.9 Å². The first-order valence-corrected chi connectivity index (χ1v) is 5.84. The highest BCUT2D eigenvalue weighted by molar-refractivity contribution is 5.76. The molecule has 0 bridgehead atoms. The molecule has 100 valence electrons. The normalized spacial score (nSPS) is 12.2. The molecule has 0 aliphatic heterocycles. The fourth-order valence-corrected chi connectivity index (χ4v) is 1.66. The van der Waals surface area contributed by atoms with E-state index in [2.05, 4.69) is 10.4 Å². The smallest absolute Gasteiger partial charge is 0.312 e. The number of nitro groups is 1. The Labute approximate surface area is 105 Å². The number of nitrogens with one attached hydrogen (secondary N) is 1. The van der Waals surface area contributed by atoms with E-state index >= 15 is 0 Å². The van der Waals surface area contributed by atoms with E-state index in [1.54, 1.807) is 13.8 Å². The molecule has 0 radical (unpaired) electrons. The standard InChI is InChI=1S/C11H18N4O3/c1-5-7(2)12-10(16)6-14-9(4)11(15(17)18)8(3)13-14/h7H,5-6H2,1-4H3,(H,12,16)/t7-/m0/s1. The molecule has 7 heteroatoms. The molecular formula is C11H18N4O3. The maximum atomic E-state index is 11.7. The fourth-order valence-electron chi connectivity index (χ4n) is 1.66. The second-order valence-corrected chi connectivity index (χ2v) is 4.31. The number of carbonyl (C=O) groups excluding carboxylic acids is 1. The molecule has 0 spiro atoms. The van der Waals surface area contributed by atoms with Crippen molar-refractivity contribution < 1.29 is 9.72 Å². The number of hydrogen-bond acceptors (Lipinski definition) is 4. The van der Waals surface area contributed by atoms with Crippen LogP contribution in [-0.4, -0.2) is 26.7 Å². The van der Waals surface area contributed by atoms with Crippen molar-refractivity contribution in [2.45, 2.75) is 46.7 Å². The molecule has 0 aromatic carbocycles. The summed E-state index contributed by atoms with van der Waals surface area (Å²) in [5.41, 5.74) is 0.706. The topological polar surface area (TPSA) is 90.1 Å². The summed E-state index contributed by atoms with van der Waals surface area (Å²) in [5.74, 6) is -0.190. The minimum absolute atomic E-state index is 0.00481. The number of aryl methyl sites for hydroxylation is 1. The lowest BCUT2D eigenvalue weighted by Crippen LogP contribution is -2.35. The van der Waals surface area contributed by atoms with Crippen molar-refractivity contribution in [3.8, 4) is 0 Å². The highest BCUT2D eigenvalue weighted by Gasteiger charge is 2.22. The lowest BCUT2D eigenvalue weighted by molar-refractivity contribution is -0.386. The number of aromatic nitrogens is 2. The first kappa shape index (κ1) is 14.1. The molecule has 0 saturated heterocycles. The summed E-state index contributed by atoms with van der Waals surface area (Å²) in [7, 11) is 0. The Morgan fingerprint density at radius 1 is 1.56 bits per heavy atom. The molecule has 0 saturated carbocycles. The van der Waals surface area contributed by atoms with E-state index in [1.165, 1.54) is 4.68 Å². The van der Waals surface area contributed by atoms with Crippen LogP contribution < -0.4 is 5.32 Å². The predicted molar refractivity (Wildman–Crippen MR) is 66.3 cm³/mol. The number of nitrogens with zero attached hydrogens (tertiary/aromatic N) is 3. The molecule has 1 aromatic rings. The van der Waals surface area contributed by atoms with Gasteiger partial charge in [0.25, 0.3) is 0 Å². The van der Waals surface area contributed by atoms with Gasteiger partial charge in [-0.15, -0.1) is 0 Å². The van der Waals surface area contributed by atoms with Gasteiger partial charge in [-0.05, 0) is 27.2 Å². The summed E-state index contributed by atoms with van der Waals surface area (Å²) in [6, 6.07) is 0.0875. The molecule has 0 aliphatic carbocycles. The van der Waals surface area contributed by atoms with E-state index < -0.39 is 4.92 Å². The third kappa shape index (κ3) is 3.06. The van der Waals surface area contributed by atoms with E-state index in [4.69, 9.17) is 0 Å². The summed E-state index contributed by atoms with van der Waals surface area (Å²) >= 11 is 0. The van der Waals surface area contributed by atoms with Crippen molar-refractivity contribution >= 4 is 11.6 Å². The van der Waals surface area contributed by atoms with Crippen LogP contribution in [0.15, 0.2) is 0 Å². The number of carbonyl (C=O) groups is 1. The summed E-state index contributed by atoms with van der Waals surface area (Å²) in [5, 5.41) is 17.6. The Bertz CT molecular complexity index is 467. The van der Waals surface area contributed by atoms with Crippen LogP contribution in [0.2, 0.25) is 0 Å². The number of hydrogen-bond donors (Lipinski definition) is 1. The van der Waals surface area contributed by atoms with Gasteiger partial charge in [-0.25, -0.2) is 0 Å². The van der Waals surface area contributed by atoms with Crippen LogP contribution in [0.25, 0.3) is 0 Å². The maximum absolute atomic E-state index is 11.7. The molecule has 1 rings (SSSR count). The first-order chi connectivity index (χ1) is 8.36. The van der Waals surface area contributed by atoms with Gasteiger partial charge in [-0.3, -0.25) is 19.6 Å². The molecule has 1 N–H and O–H groups in total. The Balaban J connectivity index is 2.83. The van der Waals surface area contributed by atoms with Crippen LogP contribution in [0, 0.1) is 24.0 Å². The molecule has 1 heterocycles. The van der Waals surface area contributed by atoms with Crippen molar-refractivity contribution in [2.24, 2.45) is 0 Å². The molecular weight excluding hydrogens is 236 g/mol. The summed E-state index contributed by atoms with van der Waals surface area (Å²) in [4.78, 5) is 22.0. The van der Waals surface area contributed by atoms with Gasteiger partial charge in [-0.2, -0.15) is 5.10 Å². The van der Waals surface area contributed by atoms with Crippen molar-refractivity contribution in [3.63, 3.8) is 0 Å². The molecule has 0 unspecified atom stereocenters. The van der Waals surface area contributed by atoms with Gasteiger partial charge in [0.15, 0.2) is 0 Å². The van der Waals surface area contributed by atoms with E-state index in [1.807, 2.05) is 13.8 Å². The zero-order valence-electron chi connectivity index (χ0n) is 11.1. The molecule has 18 heavy (non-hydrogen) atoms. The molecule has 0 fully saturated rings. The Hall–Kier alpha value is -1.92. The SMILES string of the molecule is CC[C@H](C)NC(=O)Cn1nc(C)c([N+](=O)[O-])c1C. The predicted octanol–water partition coefficient (Wildman–Crippen LogP) is 1.32. The van der Waals surface area contributed by atoms with Crippen LogP contribution in [0.1, 0.15) is 31.7 Å². The van der Waals surface area contributed by atoms with E-state index in [0.717, 1.165) is 6.42 Å². The number of rotatable bonds is 5. The van der Waals surface area contributed by atoms with Gasteiger partial charge in [0, 0.05) is 6.04 Å². The second-order valence-electron chi connectivity index (χ2n) is 4.31. The van der Waals surface area contributed by atoms with Crippen molar-refractivity contribution in [3.05, 3.63) is 21.5 Å². The molecule has 1 amide bonds. The molecule has 7 nitrogen and oxygen atoms in total. The lowest BCUT2D eigenvalue weighted by atomic mass is 10.2. The van der Waals surface area contributed by atoms with Crippen LogP contribution in [0.3, 0.4) is 0 Å². The molecule has 1 aromatic heterocycles. The highest BCUT2D eigenvalue weighted by atomic mass is 16.6. The Morgan fingerprint density at radius 3 is 2.61 bits per heavy atom. The highest BCUT2D eigenvalue weighted by Crippen LogP contribution is 2.21. The second kappa shape index (κ2) is 5.61. The van der Waals surface area contributed by atoms with Crippen LogP contribution in [0.4, 0.5) is 5.69 Å². The van der Waals surface area contributed by atoms with E-state index in [9.17, 15) is 14.9 Å². The average molecular weight is 254 g/mol. The Morgan fingerprint density at radius 2 is 2.17 bits per heavy atom. The van der Waals surface area contributed by atoms with Crippen molar-refractivity contribution in [1.82, 2.24) is 15.1 Å². The first-order valence-electron chi connectivity index (χ1n) is 5.84. The molecule has 1 atom stereocenters. The summed E-state index contributed by atoms with van der Waals surface area (Å²) in [6.07, 6.45) is 0.836. The zero-order chi connectivity index (χ0) is 13.9. The van der Waals surface area contributed by atoms with E-state index in [-0.39, 0.29) is 24.2 Å². The van der Waals surface area contributed by atoms with Crippen LogP contribution in [-0.2, 0) is 11.3 Å². The quantitative estimate of drug-likeness (QED) is 0.633. The Kier molecular flexibility index (Phi) is 4.41. The zero-order valence-corrected chi connectivity index (χ0v) is 11.1. The van der Waals surface area contributed by atoms with Crippen LogP contribution >= 0.6 is 0 Å². The fraction of sp³-hybridized carbons (Fsp3) is 0.636. The number of amides is 1. The summed E-state index contributed by atoms with van der Waals surface area (Å²) in [6.45, 7) is 7.04. The maximum Gasteiger partial charge on any atom is 0.312 e. The van der Waals surface area contributed by atoms with Crippen molar-refractivity contribution in [1.29, 1.82) is 0 Å². The lowest BCUT2D eigenvalue weighted by Gasteiger charge is -2.11. The van der Waals surface area contributed by atoms with Gasteiger partial charge in [0.05, 0.1) is 4.92 Å². The van der Waals surface area contributed by atoms with Gasteiger partial charge >= 0.3 is 5.69 Å². The largest absolute Gasteiger partial charge is 0.352 e. The third-order valence-corrected chi connectivity index (χ3v) is 2.84. The van der Waals surface area contributed by atoms with Crippen LogP contribution in [0.5, 0.6) is 0 Å². The average Bonchev–Trinajstić information content (AvgIpc) is 2.53. The van der Waals surface area contributed by atoms with Crippen molar-refractivity contribution in [2.75, 3.05) is 0 Å². The van der Waals surface area contributed by atoms with Gasteiger partial charge in [-0.1, -0.05) is 6.92 Å². The van der Waals surface area contributed by atoms with E-state index in [0.29, 0.717) is 11.4 Å². The third-order valence-electron chi connectivity index (χ3n) is 2.84. The summed E-state index contributed by atoms with van der Waals surface area (Å²) < 4.78 is 1.37. The molecule has 0 aliphatic rings. The minimum Gasteiger partial charge on any atom is -0.352 e. The minimum atomic E-state index is -0.471. The van der Waals surface area contributed by atoms with Gasteiger partial charge < -0.3 is 5.32 Å².